The van der Waals surface area contributed by atoms with Gasteiger partial charge in [0.15, 0.2) is 0 Å². The molecule has 2 nitrogen and oxygen atoms in total. The molecule has 1 aliphatic rings. The van der Waals surface area contributed by atoms with Gasteiger partial charge in [-0.2, -0.15) is 0 Å². The predicted molar refractivity (Wildman–Crippen MR) is 35.8 cm³/mol. The number of rotatable bonds is 2. The van der Waals surface area contributed by atoms with Crippen molar-refractivity contribution in [1.82, 2.24) is 0 Å². The molecule has 1 aliphatic carbocycles. The van der Waals surface area contributed by atoms with Crippen molar-refractivity contribution in [3.63, 3.8) is 0 Å². The molecule has 0 aromatic rings. The van der Waals surface area contributed by atoms with Gasteiger partial charge in [-0.05, 0) is 18.8 Å². The molecule has 0 saturated heterocycles. The first-order valence-electron chi connectivity index (χ1n) is 3.35. The minimum absolute atomic E-state index is 0. The van der Waals surface area contributed by atoms with E-state index in [4.69, 9.17) is 5.73 Å². The Hall–Kier alpha value is 0.574. The molecule has 1 radical (unpaired) electrons. The van der Waals surface area contributed by atoms with E-state index >= 15 is 0 Å². The zero-order valence-corrected chi connectivity index (χ0v) is 9.32. The van der Waals surface area contributed by atoms with Gasteiger partial charge in [0.1, 0.15) is 0 Å². The summed E-state index contributed by atoms with van der Waals surface area (Å²) >= 11 is 0. The fourth-order valence-corrected chi connectivity index (χ4v) is 1.20. The summed E-state index contributed by atoms with van der Waals surface area (Å²) in [5, 5.41) is 0. The van der Waals surface area contributed by atoms with Gasteiger partial charge in [0.25, 0.3) is 0 Å². The van der Waals surface area contributed by atoms with Crippen molar-refractivity contribution in [3.8, 4) is 0 Å². The van der Waals surface area contributed by atoms with E-state index in [9.17, 15) is 4.79 Å². The van der Waals surface area contributed by atoms with E-state index in [1.54, 1.807) is 0 Å². The van der Waals surface area contributed by atoms with Crippen LogP contribution >= 0.6 is 0 Å². The Balaban J connectivity index is 0.000000810. The fraction of sp³-hybridized carbons (Fsp3) is 0.857. The SMILES string of the molecule is CC(C)C1(C([NH-])=O)CC1.[Y]. The van der Waals surface area contributed by atoms with Gasteiger partial charge < -0.3 is 10.5 Å². The van der Waals surface area contributed by atoms with Crippen LogP contribution in [0.5, 0.6) is 0 Å². The van der Waals surface area contributed by atoms with Gasteiger partial charge in [-0.1, -0.05) is 13.8 Å². The van der Waals surface area contributed by atoms with Crippen LogP contribution in [0.4, 0.5) is 0 Å². The average molecular weight is 215 g/mol. The summed E-state index contributed by atoms with van der Waals surface area (Å²) in [6.07, 6.45) is 1.88. The minimum atomic E-state index is -0.363. The van der Waals surface area contributed by atoms with E-state index in [1.807, 2.05) is 13.8 Å². The zero-order valence-electron chi connectivity index (χ0n) is 6.48. The van der Waals surface area contributed by atoms with Crippen molar-refractivity contribution in [2.45, 2.75) is 26.7 Å². The second kappa shape index (κ2) is 3.31. The van der Waals surface area contributed by atoms with E-state index in [2.05, 4.69) is 0 Å². The van der Waals surface area contributed by atoms with Crippen molar-refractivity contribution in [2.24, 2.45) is 11.3 Å². The Kier molecular flexibility index (Phi) is 3.50. The maximum atomic E-state index is 10.6. The Bertz CT molecular complexity index is 141. The molecule has 1 saturated carbocycles. The molecule has 1 amide bonds. The maximum Gasteiger partial charge on any atom is 0.0553 e. The molecule has 1 N–H and O–H groups in total. The van der Waals surface area contributed by atoms with Crippen LogP contribution in [0.25, 0.3) is 5.73 Å². The molecule has 0 aromatic carbocycles. The van der Waals surface area contributed by atoms with Crippen LogP contribution in [-0.4, -0.2) is 5.91 Å². The molecule has 10 heavy (non-hydrogen) atoms. The minimum Gasteiger partial charge on any atom is -0.667 e. The van der Waals surface area contributed by atoms with Gasteiger partial charge in [0, 0.05) is 38.1 Å². The smallest absolute Gasteiger partial charge is 0.0553 e. The molecule has 0 aliphatic heterocycles. The third-order valence-electron chi connectivity index (χ3n) is 2.35. The predicted octanol–water partition coefficient (Wildman–Crippen LogP) is 2.00. The summed E-state index contributed by atoms with van der Waals surface area (Å²) in [6, 6.07) is 0. The van der Waals surface area contributed by atoms with Gasteiger partial charge >= 0.3 is 0 Å². The zero-order chi connectivity index (χ0) is 7.07. The van der Waals surface area contributed by atoms with E-state index in [1.165, 1.54) is 0 Å². The van der Waals surface area contributed by atoms with E-state index in [0.717, 1.165) is 12.8 Å². The van der Waals surface area contributed by atoms with Gasteiger partial charge in [0.05, 0.1) is 5.91 Å². The molecule has 0 atom stereocenters. The normalized spacial score (nSPS) is 19.9. The largest absolute Gasteiger partial charge is 0.667 e. The van der Waals surface area contributed by atoms with E-state index in [0.29, 0.717) is 5.92 Å². The molecular formula is C7H12NOY-. The Labute approximate surface area is 86.8 Å². The van der Waals surface area contributed by atoms with Gasteiger partial charge in [-0.25, -0.2) is 0 Å². The first-order valence-corrected chi connectivity index (χ1v) is 3.35. The van der Waals surface area contributed by atoms with Crippen LogP contribution in [-0.2, 0) is 37.5 Å². The first kappa shape index (κ1) is 10.6. The fourth-order valence-electron chi connectivity index (χ4n) is 1.20. The molecule has 0 aromatic heterocycles. The molecule has 55 valence electrons. The Morgan fingerprint density at radius 3 is 1.90 bits per heavy atom. The van der Waals surface area contributed by atoms with Gasteiger partial charge in [0.2, 0.25) is 0 Å². The number of hydrogen-bond donors (Lipinski definition) is 0. The second-order valence-electron chi connectivity index (χ2n) is 3.14. The molecule has 0 bridgehead atoms. The molecular weight excluding hydrogens is 203 g/mol. The number of carbonyl (C=O) groups is 1. The molecule has 0 unspecified atom stereocenters. The third kappa shape index (κ3) is 1.59. The van der Waals surface area contributed by atoms with E-state index < -0.39 is 0 Å². The van der Waals surface area contributed by atoms with Crippen molar-refractivity contribution in [2.75, 3.05) is 0 Å². The number of amides is 1. The van der Waals surface area contributed by atoms with Crippen molar-refractivity contribution >= 4 is 5.91 Å². The van der Waals surface area contributed by atoms with Crippen LogP contribution in [0.2, 0.25) is 0 Å². The van der Waals surface area contributed by atoms with Crippen LogP contribution in [0.1, 0.15) is 26.7 Å². The monoisotopic (exact) mass is 215 g/mol. The molecule has 1 fully saturated rings. The Morgan fingerprint density at radius 1 is 1.50 bits per heavy atom. The number of hydrogen-bond acceptors (Lipinski definition) is 1. The summed E-state index contributed by atoms with van der Waals surface area (Å²) in [7, 11) is 0. The van der Waals surface area contributed by atoms with Gasteiger partial charge in [-0.15, -0.1) is 0 Å². The van der Waals surface area contributed by atoms with Crippen LogP contribution in [0.3, 0.4) is 0 Å². The number of nitrogens with one attached hydrogen (secondary N) is 1. The summed E-state index contributed by atoms with van der Waals surface area (Å²) in [4.78, 5) is 10.6. The molecule has 0 spiro atoms. The van der Waals surface area contributed by atoms with Crippen LogP contribution < -0.4 is 0 Å². The summed E-state index contributed by atoms with van der Waals surface area (Å²) in [5.41, 5.74) is 6.71. The summed E-state index contributed by atoms with van der Waals surface area (Å²) < 4.78 is 0. The van der Waals surface area contributed by atoms with E-state index in [-0.39, 0.29) is 44.0 Å². The summed E-state index contributed by atoms with van der Waals surface area (Å²) in [6.45, 7) is 4.03. The quantitative estimate of drug-likeness (QED) is 0.694. The topological polar surface area (TPSA) is 40.9 Å². The molecule has 3 heteroatoms. The maximum absolute atomic E-state index is 10.6. The van der Waals surface area contributed by atoms with Crippen LogP contribution in [0.15, 0.2) is 0 Å². The van der Waals surface area contributed by atoms with Crippen LogP contribution in [0, 0.1) is 11.3 Å². The Morgan fingerprint density at radius 2 is 1.90 bits per heavy atom. The van der Waals surface area contributed by atoms with Crippen molar-refractivity contribution < 1.29 is 37.5 Å². The average Bonchev–Trinajstić information content (AvgIpc) is 2.40. The molecule has 0 heterocycles. The molecule has 1 rings (SSSR count). The van der Waals surface area contributed by atoms with Crippen molar-refractivity contribution in [1.29, 1.82) is 0 Å². The van der Waals surface area contributed by atoms with Crippen molar-refractivity contribution in [3.05, 3.63) is 5.73 Å². The second-order valence-corrected chi connectivity index (χ2v) is 3.14. The standard InChI is InChI=1S/C7H13NO.Y/c1-5(2)7(3-4-7)6(8)9;/h5H,3-4H2,1-2H3,(H2,8,9);/p-1. The summed E-state index contributed by atoms with van der Waals surface area (Å²) in [5.74, 6) is 0.000000000000000444. The first-order chi connectivity index (χ1) is 4.09. The number of carbonyl (C=O) groups excluding carboxylic acids is 1. The third-order valence-corrected chi connectivity index (χ3v) is 2.35. The van der Waals surface area contributed by atoms with Gasteiger partial charge in [-0.3, -0.25) is 0 Å².